The Morgan fingerprint density at radius 3 is 2.16 bits per heavy atom. The van der Waals surface area contributed by atoms with Gasteiger partial charge in [0.25, 0.3) is 11.8 Å². The molecule has 0 aliphatic carbocycles. The maximum atomic E-state index is 13.9. The summed E-state index contributed by atoms with van der Waals surface area (Å²) in [7, 11) is 6.76. The number of β-lactam (4-membered cyclic amide) rings is 1. The summed E-state index contributed by atoms with van der Waals surface area (Å²) in [6.45, 7) is 10.8. The van der Waals surface area contributed by atoms with Crippen molar-refractivity contribution in [3.05, 3.63) is 129 Å². The number of hydrogen-bond acceptors (Lipinski definition) is 16. The van der Waals surface area contributed by atoms with Crippen molar-refractivity contribution in [3.8, 4) is 23.0 Å². The molecule has 0 saturated carbocycles. The molecule has 1 saturated heterocycles. The van der Waals surface area contributed by atoms with Gasteiger partial charge in [0.15, 0.2) is 23.0 Å². The van der Waals surface area contributed by atoms with Crippen LogP contribution >= 0.6 is 11.3 Å². The number of nitrogens with one attached hydrogen (secondary N) is 1. The van der Waals surface area contributed by atoms with Gasteiger partial charge in [-0.05, 0) is 108 Å². The third-order valence-electron chi connectivity index (χ3n) is 11.7. The van der Waals surface area contributed by atoms with Crippen LogP contribution in [0.1, 0.15) is 86.1 Å². The first-order valence-electron chi connectivity index (χ1n) is 23.6. The Bertz CT molecular complexity index is 2960. The van der Waals surface area contributed by atoms with Crippen molar-refractivity contribution in [1.82, 2.24) is 19.8 Å². The van der Waals surface area contributed by atoms with Gasteiger partial charge in [-0.2, -0.15) is 0 Å². The highest BCUT2D eigenvalue weighted by atomic mass is 32.2. The van der Waals surface area contributed by atoms with E-state index in [2.05, 4.69) is 20.1 Å². The van der Waals surface area contributed by atoms with Crippen LogP contribution in [0.2, 0.25) is 0 Å². The summed E-state index contributed by atoms with van der Waals surface area (Å²) in [4.78, 5) is 78.2. The average molecular weight is 1050 g/mol. The van der Waals surface area contributed by atoms with Crippen LogP contribution in [0.5, 0.6) is 23.0 Å². The fourth-order valence-electron chi connectivity index (χ4n) is 7.79. The monoisotopic (exact) mass is 1050 g/mol. The second-order valence-electron chi connectivity index (χ2n) is 18.9. The molecule has 5 aromatic rings. The van der Waals surface area contributed by atoms with Crippen molar-refractivity contribution in [1.29, 1.82) is 0 Å². The van der Waals surface area contributed by atoms with E-state index in [1.807, 2.05) is 59.3 Å². The lowest BCUT2D eigenvalue weighted by Gasteiger charge is -2.49. The van der Waals surface area contributed by atoms with E-state index in [0.29, 0.717) is 47.0 Å². The minimum atomic E-state index is -1.81. The molecule has 3 aromatic carbocycles. The highest BCUT2D eigenvalue weighted by molar-refractivity contribution is 7.86. The van der Waals surface area contributed by atoms with E-state index in [1.54, 1.807) is 82.6 Å². The topological polar surface area (TPSA) is 216 Å². The zero-order valence-electron chi connectivity index (χ0n) is 42.4. The maximum absolute atomic E-state index is 13.9. The number of ketones is 1. The van der Waals surface area contributed by atoms with E-state index in [9.17, 15) is 28.2 Å². The van der Waals surface area contributed by atoms with E-state index in [-0.39, 0.29) is 54.8 Å². The Morgan fingerprint density at radius 2 is 1.57 bits per heavy atom. The normalized spacial score (nSPS) is 16.6. The van der Waals surface area contributed by atoms with Crippen LogP contribution in [0.25, 0.3) is 0 Å². The number of Topliss-reactive ketones (excluding diaryl/α,β-unsaturated/α-hetero) is 1. The molecule has 0 bridgehead atoms. The maximum Gasteiger partial charge on any atom is 0.378 e. The number of oxime groups is 1. The van der Waals surface area contributed by atoms with E-state index in [1.165, 1.54) is 25.2 Å². The predicted molar refractivity (Wildman–Crippen MR) is 273 cm³/mol. The molecule has 2 amide bonds. The molecule has 19 nitrogen and oxygen atoms in total. The fraction of sp³-hybridized carbons (Fsp3) is 0.385. The van der Waals surface area contributed by atoms with Crippen LogP contribution in [0.3, 0.4) is 0 Å². The summed E-state index contributed by atoms with van der Waals surface area (Å²) in [5.41, 5.74) is -0.205. The molecule has 1 fully saturated rings. The molecule has 3 atom stereocenters. The molecule has 0 spiro atoms. The van der Waals surface area contributed by atoms with Gasteiger partial charge >= 0.3 is 20.0 Å². The molecule has 2 aliphatic rings. The zero-order chi connectivity index (χ0) is 53.3. The zero-order valence-corrected chi connectivity index (χ0v) is 44.0. The molecule has 22 heteroatoms. The van der Waals surface area contributed by atoms with Gasteiger partial charge in [-0.1, -0.05) is 29.4 Å². The lowest BCUT2D eigenvalue weighted by atomic mass is 10.0. The molecule has 2 aromatic heterocycles. The smallest absolute Gasteiger partial charge is 0.378 e. The Balaban J connectivity index is 0.967. The van der Waals surface area contributed by atoms with Gasteiger partial charge in [-0.25, -0.2) is 23.7 Å². The number of unbranched alkanes of at least 4 members (excludes halogenated alkanes) is 1. The highest BCUT2D eigenvalue weighted by Gasteiger charge is 2.57. The van der Waals surface area contributed by atoms with Crippen molar-refractivity contribution in [3.63, 3.8) is 0 Å². The number of carbonyl (C=O) groups is 5. The number of ether oxygens (including phenoxy) is 5. The summed E-state index contributed by atoms with van der Waals surface area (Å²) in [6, 6.07) is 18.9. The third kappa shape index (κ3) is 13.4. The molecule has 4 heterocycles. The molecule has 388 valence electrons. The molecular weight excluding hydrogens is 992 g/mol. The number of thiazole rings is 1. The van der Waals surface area contributed by atoms with Crippen molar-refractivity contribution in [2.45, 2.75) is 110 Å². The quantitative estimate of drug-likeness (QED) is 0.0123. The van der Waals surface area contributed by atoms with Crippen LogP contribution in [-0.2, 0) is 70.5 Å². The standard InChI is InChI=1S/C52H57BN6O13S2/c1-32-54-39(29-73-32)43(56-72-52(5,6)50(64)70-51(2,3)4)46(61)55-44-47(62)59-45(49(63)71-53)36(30-74(65)48(44)59)26-58-24-23-57(31-58)22-10-9-11-40(60)35-16-21-41(68-27-33-12-17-37(66-7)18-13-33)42(25-35)69-28-34-14-19-38(67-8)20-15-34/h12-21,23-25,29,31,44,48H,9-11,22,26-28,30H2,1-8H3/p+1/b56-43-/t44-,48-,74?/m1/s1. The van der Waals surface area contributed by atoms with Gasteiger partial charge in [0.2, 0.25) is 11.9 Å². The number of fused-ring (bicyclic) bond motifs is 1. The van der Waals surface area contributed by atoms with Gasteiger partial charge < -0.3 is 38.5 Å². The number of benzene rings is 3. The number of hydrogen-bond donors (Lipinski definition) is 1. The lowest BCUT2D eigenvalue weighted by molar-refractivity contribution is -0.688. The van der Waals surface area contributed by atoms with E-state index >= 15 is 0 Å². The van der Waals surface area contributed by atoms with Crippen LogP contribution in [-0.4, -0.2) is 105 Å². The Morgan fingerprint density at radius 1 is 0.919 bits per heavy atom. The van der Waals surface area contributed by atoms with Crippen molar-refractivity contribution >= 4 is 65.4 Å². The van der Waals surface area contributed by atoms with E-state index in [4.69, 9.17) is 36.6 Å². The number of esters is 1. The first-order chi connectivity index (χ1) is 35.3. The molecular formula is C52H58BN6O13S2+. The molecule has 1 unspecified atom stereocenters. The summed E-state index contributed by atoms with van der Waals surface area (Å²) in [6.07, 6.45) is 6.89. The van der Waals surface area contributed by atoms with Gasteiger partial charge in [0.1, 0.15) is 72.1 Å². The van der Waals surface area contributed by atoms with Crippen LogP contribution in [0.15, 0.2) is 107 Å². The van der Waals surface area contributed by atoms with E-state index < -0.39 is 57.2 Å². The van der Waals surface area contributed by atoms with Gasteiger partial charge in [0, 0.05) is 22.9 Å². The van der Waals surface area contributed by atoms with Crippen molar-refractivity contribution < 1.29 is 65.9 Å². The summed E-state index contributed by atoms with van der Waals surface area (Å²) < 4.78 is 50.6. The van der Waals surface area contributed by atoms with Crippen molar-refractivity contribution in [2.24, 2.45) is 5.16 Å². The van der Waals surface area contributed by atoms with Gasteiger partial charge in [0.05, 0.1) is 42.3 Å². The first-order valence-corrected chi connectivity index (χ1v) is 25.8. The molecule has 7 rings (SSSR count). The number of methoxy groups -OCH3 is 2. The van der Waals surface area contributed by atoms with Gasteiger partial charge in [-0.15, -0.1) is 11.3 Å². The SMILES string of the molecule is [B]OC(=O)C1=C(C[n+]2ccn(CCCCC(=O)c3ccc(OCc4ccc(OC)cc4)c(OCc4ccc(OC)cc4)c3)c2)CS(=O)[C@@H]2[C@H](NC(=O)/C(=N\OC(C)(C)C(=O)OC(C)(C)C)c3csc(C)n3)C(=O)N12. The Kier molecular flexibility index (Phi) is 17.4. The van der Waals surface area contributed by atoms with Crippen LogP contribution < -0.4 is 28.8 Å². The van der Waals surface area contributed by atoms with E-state index in [0.717, 1.165) is 27.5 Å². The van der Waals surface area contributed by atoms with Crippen LogP contribution in [0.4, 0.5) is 0 Å². The van der Waals surface area contributed by atoms with Crippen LogP contribution in [0, 0.1) is 6.92 Å². The number of aryl methyl sites for hydroxylation is 2. The number of amides is 2. The van der Waals surface area contributed by atoms with Crippen molar-refractivity contribution in [2.75, 3.05) is 20.0 Å². The third-order valence-corrected chi connectivity index (χ3v) is 14.1. The fourth-order valence-corrected chi connectivity index (χ4v) is 10.1. The second-order valence-corrected chi connectivity index (χ2v) is 21.5. The second kappa shape index (κ2) is 23.7. The summed E-state index contributed by atoms with van der Waals surface area (Å²) >= 11 is 1.23. The first kappa shape index (κ1) is 54.4. The molecule has 1 N–H and O–H groups in total. The summed E-state index contributed by atoms with van der Waals surface area (Å²) in [5.74, 6) is -1.20. The molecule has 74 heavy (non-hydrogen) atoms. The molecule has 2 aliphatic heterocycles. The number of carbonyl (C=O) groups excluding carboxylic acids is 5. The Hall–Kier alpha value is -7.33. The number of nitrogens with zero attached hydrogens (tertiary/aromatic N) is 5. The lowest BCUT2D eigenvalue weighted by Crippen LogP contribution is -2.74. The Labute approximate surface area is 436 Å². The minimum Gasteiger partial charge on any atom is -0.539 e. The largest absolute Gasteiger partial charge is 0.539 e. The number of imidazole rings is 1. The number of aromatic nitrogens is 3. The molecule has 2 radical (unpaired) electrons. The number of rotatable bonds is 23. The predicted octanol–water partition coefficient (Wildman–Crippen LogP) is 5.61. The van der Waals surface area contributed by atoms with Gasteiger partial charge in [-0.3, -0.25) is 23.5 Å². The average Bonchev–Trinajstić information content (AvgIpc) is 4.03. The highest BCUT2D eigenvalue weighted by Crippen LogP contribution is 2.36. The summed E-state index contributed by atoms with van der Waals surface area (Å²) in [5, 5.41) is 7.60. The minimum absolute atomic E-state index is 0.0581.